The van der Waals surface area contributed by atoms with Gasteiger partial charge in [-0.25, -0.2) is 0 Å². The van der Waals surface area contributed by atoms with Crippen molar-refractivity contribution in [2.75, 3.05) is 19.7 Å². The van der Waals surface area contributed by atoms with Crippen LogP contribution in [0.3, 0.4) is 0 Å². The SMILES string of the molecule is CC(NC(=O)CN(CCO)C1CCCCC1)c1cccs1. The van der Waals surface area contributed by atoms with Crippen LogP contribution in [0.4, 0.5) is 0 Å². The quantitative estimate of drug-likeness (QED) is 0.814. The van der Waals surface area contributed by atoms with Gasteiger partial charge in [-0.15, -0.1) is 11.3 Å². The summed E-state index contributed by atoms with van der Waals surface area (Å²) in [4.78, 5) is 15.6. The molecule has 2 rings (SSSR count). The Labute approximate surface area is 131 Å². The van der Waals surface area contributed by atoms with Crippen molar-refractivity contribution in [3.63, 3.8) is 0 Å². The van der Waals surface area contributed by atoms with Crippen LogP contribution >= 0.6 is 11.3 Å². The molecule has 0 spiro atoms. The van der Waals surface area contributed by atoms with Crippen LogP contribution in [0.1, 0.15) is 49.9 Å². The zero-order valence-electron chi connectivity index (χ0n) is 12.8. The van der Waals surface area contributed by atoms with E-state index in [1.54, 1.807) is 11.3 Å². The molecule has 1 aromatic rings. The summed E-state index contributed by atoms with van der Waals surface area (Å²) < 4.78 is 0. The summed E-state index contributed by atoms with van der Waals surface area (Å²) in [6.45, 7) is 3.11. The number of aliphatic hydroxyl groups excluding tert-OH is 1. The lowest BCUT2D eigenvalue weighted by Gasteiger charge is -2.33. The van der Waals surface area contributed by atoms with Gasteiger partial charge in [0, 0.05) is 17.5 Å². The molecule has 1 saturated carbocycles. The van der Waals surface area contributed by atoms with Crippen molar-refractivity contribution >= 4 is 17.2 Å². The number of rotatable bonds is 7. The molecule has 0 aliphatic heterocycles. The average molecular weight is 310 g/mol. The molecule has 1 atom stereocenters. The summed E-state index contributed by atoms with van der Waals surface area (Å²) in [5.74, 6) is 0.0509. The molecule has 21 heavy (non-hydrogen) atoms. The van der Waals surface area contributed by atoms with E-state index in [-0.39, 0.29) is 18.6 Å². The summed E-state index contributed by atoms with van der Waals surface area (Å²) in [5.41, 5.74) is 0. The molecule has 4 nitrogen and oxygen atoms in total. The van der Waals surface area contributed by atoms with Crippen LogP contribution in [0.15, 0.2) is 17.5 Å². The monoisotopic (exact) mass is 310 g/mol. The molecule has 1 amide bonds. The maximum atomic E-state index is 12.2. The summed E-state index contributed by atoms with van der Waals surface area (Å²) in [6, 6.07) is 4.55. The molecule has 1 fully saturated rings. The van der Waals surface area contributed by atoms with Crippen LogP contribution in [0, 0.1) is 0 Å². The minimum atomic E-state index is 0.0509. The van der Waals surface area contributed by atoms with Crippen LogP contribution in [-0.2, 0) is 4.79 Å². The molecule has 0 aromatic carbocycles. The molecule has 118 valence electrons. The van der Waals surface area contributed by atoms with Crippen molar-refractivity contribution in [2.45, 2.75) is 51.1 Å². The second kappa shape index (κ2) is 8.51. The zero-order chi connectivity index (χ0) is 15.1. The molecule has 2 N–H and O–H groups in total. The minimum absolute atomic E-state index is 0.0509. The fraction of sp³-hybridized carbons (Fsp3) is 0.688. The summed E-state index contributed by atoms with van der Waals surface area (Å²) in [6.07, 6.45) is 6.06. The number of nitrogens with zero attached hydrogens (tertiary/aromatic N) is 1. The normalized spacial score (nSPS) is 17.9. The first-order valence-corrected chi connectivity index (χ1v) is 8.76. The maximum absolute atomic E-state index is 12.2. The van der Waals surface area contributed by atoms with Gasteiger partial charge >= 0.3 is 0 Å². The van der Waals surface area contributed by atoms with Crippen molar-refractivity contribution in [3.05, 3.63) is 22.4 Å². The largest absolute Gasteiger partial charge is 0.395 e. The molecule has 5 heteroatoms. The van der Waals surface area contributed by atoms with E-state index in [9.17, 15) is 9.90 Å². The van der Waals surface area contributed by atoms with E-state index in [1.165, 1.54) is 24.1 Å². The number of hydrogen-bond donors (Lipinski definition) is 2. The van der Waals surface area contributed by atoms with E-state index in [2.05, 4.69) is 10.2 Å². The number of aliphatic hydroxyl groups is 1. The van der Waals surface area contributed by atoms with Crippen molar-refractivity contribution in [3.8, 4) is 0 Å². The lowest BCUT2D eigenvalue weighted by molar-refractivity contribution is -0.123. The summed E-state index contributed by atoms with van der Waals surface area (Å²) in [7, 11) is 0. The van der Waals surface area contributed by atoms with Gasteiger partial charge in [0.15, 0.2) is 0 Å². The molecule has 1 aliphatic carbocycles. The lowest BCUT2D eigenvalue weighted by atomic mass is 9.94. The van der Waals surface area contributed by atoms with E-state index in [4.69, 9.17) is 0 Å². The van der Waals surface area contributed by atoms with E-state index in [0.29, 0.717) is 19.1 Å². The Morgan fingerprint density at radius 2 is 2.24 bits per heavy atom. The van der Waals surface area contributed by atoms with Crippen LogP contribution < -0.4 is 5.32 Å². The van der Waals surface area contributed by atoms with E-state index in [1.807, 2.05) is 24.4 Å². The summed E-state index contributed by atoms with van der Waals surface area (Å²) >= 11 is 1.66. The third kappa shape index (κ3) is 5.09. The predicted octanol–water partition coefficient (Wildman–Crippen LogP) is 2.55. The van der Waals surface area contributed by atoms with E-state index >= 15 is 0 Å². The maximum Gasteiger partial charge on any atom is 0.234 e. The molecular formula is C16H26N2O2S. The number of nitrogens with one attached hydrogen (secondary N) is 1. The molecule has 1 unspecified atom stereocenters. The van der Waals surface area contributed by atoms with Crippen LogP contribution in [0.25, 0.3) is 0 Å². The van der Waals surface area contributed by atoms with Gasteiger partial charge in [-0.05, 0) is 31.2 Å². The Hall–Kier alpha value is -0.910. The molecule has 0 radical (unpaired) electrons. The van der Waals surface area contributed by atoms with Crippen molar-refractivity contribution in [1.29, 1.82) is 0 Å². The first-order chi connectivity index (χ1) is 10.2. The Kier molecular flexibility index (Phi) is 6.67. The number of carbonyl (C=O) groups excluding carboxylic acids is 1. The van der Waals surface area contributed by atoms with Gasteiger partial charge in [0.05, 0.1) is 19.2 Å². The predicted molar refractivity (Wildman–Crippen MR) is 86.4 cm³/mol. The highest BCUT2D eigenvalue weighted by atomic mass is 32.1. The van der Waals surface area contributed by atoms with Gasteiger partial charge in [-0.3, -0.25) is 9.69 Å². The van der Waals surface area contributed by atoms with Crippen molar-refractivity contribution < 1.29 is 9.90 Å². The molecule has 1 aliphatic rings. The van der Waals surface area contributed by atoms with Gasteiger partial charge in [0.25, 0.3) is 0 Å². The number of amides is 1. The zero-order valence-corrected chi connectivity index (χ0v) is 13.6. The Morgan fingerprint density at radius 3 is 2.86 bits per heavy atom. The fourth-order valence-corrected chi connectivity index (χ4v) is 3.78. The summed E-state index contributed by atoms with van der Waals surface area (Å²) in [5, 5.41) is 14.3. The van der Waals surface area contributed by atoms with E-state index in [0.717, 1.165) is 12.8 Å². The first kappa shape index (κ1) is 16.5. The Morgan fingerprint density at radius 1 is 1.48 bits per heavy atom. The topological polar surface area (TPSA) is 52.6 Å². The Bertz CT molecular complexity index is 416. The van der Waals surface area contributed by atoms with Crippen molar-refractivity contribution in [1.82, 2.24) is 10.2 Å². The standard InChI is InChI=1S/C16H26N2O2S/c1-13(15-8-5-11-21-15)17-16(20)12-18(9-10-19)14-6-3-2-4-7-14/h5,8,11,13-14,19H,2-4,6-7,9-10,12H2,1H3,(H,17,20). The molecule has 1 heterocycles. The minimum Gasteiger partial charge on any atom is -0.395 e. The second-order valence-electron chi connectivity index (χ2n) is 5.79. The highest BCUT2D eigenvalue weighted by molar-refractivity contribution is 7.10. The van der Waals surface area contributed by atoms with Gasteiger partial charge < -0.3 is 10.4 Å². The highest BCUT2D eigenvalue weighted by Crippen LogP contribution is 2.22. The fourth-order valence-electron chi connectivity index (χ4n) is 3.05. The number of hydrogen-bond acceptors (Lipinski definition) is 4. The number of thiophene rings is 1. The van der Waals surface area contributed by atoms with Gasteiger partial charge in [0.1, 0.15) is 0 Å². The highest BCUT2D eigenvalue weighted by Gasteiger charge is 2.23. The van der Waals surface area contributed by atoms with E-state index < -0.39 is 0 Å². The van der Waals surface area contributed by atoms with Gasteiger partial charge in [0.2, 0.25) is 5.91 Å². The molecule has 0 saturated heterocycles. The lowest BCUT2D eigenvalue weighted by Crippen LogP contribution is -2.45. The number of carbonyl (C=O) groups is 1. The van der Waals surface area contributed by atoms with Gasteiger partial charge in [-0.2, -0.15) is 0 Å². The first-order valence-electron chi connectivity index (χ1n) is 7.88. The van der Waals surface area contributed by atoms with Crippen molar-refractivity contribution in [2.24, 2.45) is 0 Å². The molecule has 0 bridgehead atoms. The van der Waals surface area contributed by atoms with Crippen LogP contribution in [0.5, 0.6) is 0 Å². The third-order valence-corrected chi connectivity index (χ3v) is 5.23. The second-order valence-corrected chi connectivity index (χ2v) is 6.77. The smallest absolute Gasteiger partial charge is 0.234 e. The average Bonchev–Trinajstić information content (AvgIpc) is 3.02. The molecule has 1 aromatic heterocycles. The van der Waals surface area contributed by atoms with Gasteiger partial charge in [-0.1, -0.05) is 25.3 Å². The van der Waals surface area contributed by atoms with Crippen LogP contribution in [-0.4, -0.2) is 41.7 Å². The van der Waals surface area contributed by atoms with Crippen LogP contribution in [0.2, 0.25) is 0 Å². The Balaban J connectivity index is 1.85. The molecular weight excluding hydrogens is 284 g/mol. The third-order valence-electron chi connectivity index (χ3n) is 4.17.